The van der Waals surface area contributed by atoms with Crippen molar-refractivity contribution >= 4 is 31.7 Å². The van der Waals surface area contributed by atoms with E-state index in [0.717, 1.165) is 0 Å². The maximum Gasteiger partial charge on any atom is 0.320 e. The molecule has 1 saturated heterocycles. The number of halogens is 1. The minimum Gasteiger partial charge on any atom is -0.468 e. The van der Waals surface area contributed by atoms with Crippen LogP contribution in [0.2, 0.25) is 0 Å². The molecule has 0 amide bonds. The molecule has 7 heteroatoms. The zero-order valence-electron chi connectivity index (χ0n) is 9.19. The third-order valence-electron chi connectivity index (χ3n) is 2.52. The number of hydrogen-bond donors (Lipinski definition) is 0. The molecule has 0 saturated carbocycles. The number of sulfone groups is 1. The Kier molecular flexibility index (Phi) is 5.20. The number of methoxy groups -OCH3 is 1. The Labute approximate surface area is 104 Å². The predicted molar refractivity (Wildman–Crippen MR) is 64.4 cm³/mol. The molecule has 1 aliphatic heterocycles. The van der Waals surface area contributed by atoms with Gasteiger partial charge in [-0.05, 0) is 13.0 Å². The molecule has 1 aliphatic rings. The molecule has 0 spiro atoms. The number of carbonyl (C=O) groups excluding carboxylic acids is 1. The summed E-state index contributed by atoms with van der Waals surface area (Å²) in [6.45, 7) is 1.68. The highest BCUT2D eigenvalue weighted by Crippen LogP contribution is 2.09. The van der Waals surface area contributed by atoms with Crippen LogP contribution in [-0.2, 0) is 19.4 Å². The predicted octanol–water partition coefficient (Wildman–Crippen LogP) is 0.0434. The van der Waals surface area contributed by atoms with E-state index in [1.807, 2.05) is 4.90 Å². The first-order chi connectivity index (χ1) is 7.44. The molecular formula is C9H16BrNO4S. The molecule has 0 bridgehead atoms. The van der Waals surface area contributed by atoms with Gasteiger partial charge in [-0.1, -0.05) is 15.9 Å². The zero-order chi connectivity index (χ0) is 12.2. The van der Waals surface area contributed by atoms with Gasteiger partial charge in [0.25, 0.3) is 0 Å². The number of esters is 1. The molecule has 1 fully saturated rings. The third kappa shape index (κ3) is 4.39. The number of nitrogens with zero attached hydrogens (tertiary/aromatic N) is 1. The first-order valence-electron chi connectivity index (χ1n) is 5.09. The number of alkyl halides is 1. The van der Waals surface area contributed by atoms with Crippen LogP contribution in [0.4, 0.5) is 0 Å². The summed E-state index contributed by atoms with van der Waals surface area (Å²) < 4.78 is 27.3. The summed E-state index contributed by atoms with van der Waals surface area (Å²) in [6, 6.07) is 0. The smallest absolute Gasteiger partial charge is 0.320 e. The van der Waals surface area contributed by atoms with E-state index in [1.165, 1.54) is 7.11 Å². The molecular weight excluding hydrogens is 298 g/mol. The zero-order valence-corrected chi connectivity index (χ0v) is 11.6. The minimum absolute atomic E-state index is 0.174. The number of rotatable bonds is 3. The van der Waals surface area contributed by atoms with Gasteiger partial charge in [0, 0.05) is 13.1 Å². The number of carbonyl (C=O) groups is 1. The summed E-state index contributed by atoms with van der Waals surface area (Å²) in [7, 11) is -1.55. The monoisotopic (exact) mass is 313 g/mol. The van der Waals surface area contributed by atoms with E-state index in [9.17, 15) is 13.2 Å². The van der Waals surface area contributed by atoms with Gasteiger partial charge in [-0.15, -0.1) is 0 Å². The van der Waals surface area contributed by atoms with Gasteiger partial charge in [-0.2, -0.15) is 0 Å². The van der Waals surface area contributed by atoms with Crippen molar-refractivity contribution in [2.24, 2.45) is 0 Å². The highest BCUT2D eigenvalue weighted by atomic mass is 79.9. The molecule has 0 aromatic carbocycles. The Hall–Kier alpha value is -0.140. The number of hydrogen-bond acceptors (Lipinski definition) is 5. The first kappa shape index (κ1) is 13.9. The lowest BCUT2D eigenvalue weighted by atomic mass is 10.3. The summed E-state index contributed by atoms with van der Waals surface area (Å²) in [5.41, 5.74) is 0. The maximum atomic E-state index is 11.4. The van der Waals surface area contributed by atoms with Crippen molar-refractivity contribution < 1.29 is 17.9 Å². The fourth-order valence-corrected chi connectivity index (χ4v) is 3.51. The largest absolute Gasteiger partial charge is 0.468 e. The molecule has 0 aromatic heterocycles. The Morgan fingerprint density at radius 1 is 1.44 bits per heavy atom. The minimum atomic E-state index is -2.89. The van der Waals surface area contributed by atoms with Crippen molar-refractivity contribution in [1.29, 1.82) is 0 Å². The van der Waals surface area contributed by atoms with Crippen LogP contribution in [0.1, 0.15) is 6.42 Å². The van der Waals surface area contributed by atoms with Crippen LogP contribution in [0.15, 0.2) is 0 Å². The second kappa shape index (κ2) is 5.97. The van der Waals surface area contributed by atoms with E-state index in [0.29, 0.717) is 26.1 Å². The summed E-state index contributed by atoms with van der Waals surface area (Å²) >= 11 is 3.23. The molecule has 94 valence electrons. The normalized spacial score (nSPS) is 23.4. The van der Waals surface area contributed by atoms with Gasteiger partial charge in [0.2, 0.25) is 0 Å². The molecule has 1 heterocycles. The van der Waals surface area contributed by atoms with Gasteiger partial charge in [-0.3, -0.25) is 4.79 Å². The molecule has 0 aromatic rings. The fraction of sp³-hybridized carbons (Fsp3) is 0.889. The Balaban J connectivity index is 2.47. The van der Waals surface area contributed by atoms with Crippen molar-refractivity contribution in [3.63, 3.8) is 0 Å². The molecule has 1 rings (SSSR count). The maximum absolute atomic E-state index is 11.4. The van der Waals surface area contributed by atoms with Crippen LogP contribution in [0.5, 0.6) is 0 Å². The Morgan fingerprint density at radius 2 is 2.12 bits per heavy atom. The average Bonchev–Trinajstić information content (AvgIpc) is 2.39. The second-order valence-electron chi connectivity index (χ2n) is 3.80. The van der Waals surface area contributed by atoms with E-state index in [-0.39, 0.29) is 17.5 Å². The van der Waals surface area contributed by atoms with E-state index >= 15 is 0 Å². The van der Waals surface area contributed by atoms with Crippen LogP contribution in [0.3, 0.4) is 0 Å². The van der Waals surface area contributed by atoms with Crippen molar-refractivity contribution in [3.05, 3.63) is 0 Å². The Morgan fingerprint density at radius 3 is 2.75 bits per heavy atom. The SMILES string of the molecule is COC(=O)C(Br)CN1CCCS(=O)(=O)CC1. The van der Waals surface area contributed by atoms with E-state index in [2.05, 4.69) is 20.7 Å². The van der Waals surface area contributed by atoms with Gasteiger partial charge < -0.3 is 9.64 Å². The lowest BCUT2D eigenvalue weighted by Gasteiger charge is -2.21. The average molecular weight is 314 g/mol. The molecule has 1 unspecified atom stereocenters. The van der Waals surface area contributed by atoms with Crippen LogP contribution in [0.25, 0.3) is 0 Å². The highest BCUT2D eigenvalue weighted by Gasteiger charge is 2.23. The summed E-state index contributed by atoms with van der Waals surface area (Å²) in [5.74, 6) is 0.0925. The van der Waals surface area contributed by atoms with E-state index in [4.69, 9.17) is 0 Å². The van der Waals surface area contributed by atoms with Crippen molar-refractivity contribution in [3.8, 4) is 0 Å². The number of ether oxygens (including phenoxy) is 1. The highest BCUT2D eigenvalue weighted by molar-refractivity contribution is 9.10. The topological polar surface area (TPSA) is 63.7 Å². The van der Waals surface area contributed by atoms with Crippen LogP contribution >= 0.6 is 15.9 Å². The van der Waals surface area contributed by atoms with Crippen molar-refractivity contribution in [1.82, 2.24) is 4.90 Å². The van der Waals surface area contributed by atoms with Gasteiger partial charge in [0.05, 0.1) is 18.6 Å². The van der Waals surface area contributed by atoms with Gasteiger partial charge >= 0.3 is 5.97 Å². The fourth-order valence-electron chi connectivity index (χ4n) is 1.60. The lowest BCUT2D eigenvalue weighted by Crippen LogP contribution is -2.36. The van der Waals surface area contributed by atoms with Gasteiger partial charge in [0.15, 0.2) is 9.84 Å². The summed E-state index contributed by atoms with van der Waals surface area (Å²) in [6.07, 6.45) is 0.628. The molecule has 5 nitrogen and oxygen atoms in total. The molecule has 16 heavy (non-hydrogen) atoms. The molecule has 1 atom stereocenters. The van der Waals surface area contributed by atoms with Crippen molar-refractivity contribution in [2.45, 2.75) is 11.2 Å². The molecule has 0 N–H and O–H groups in total. The summed E-state index contributed by atoms with van der Waals surface area (Å²) in [4.78, 5) is 12.8. The third-order valence-corrected chi connectivity index (χ3v) is 4.90. The van der Waals surface area contributed by atoms with Crippen LogP contribution in [-0.4, -0.2) is 62.4 Å². The summed E-state index contributed by atoms with van der Waals surface area (Å²) in [5, 5.41) is 0. The lowest BCUT2D eigenvalue weighted by molar-refractivity contribution is -0.140. The molecule has 0 aliphatic carbocycles. The van der Waals surface area contributed by atoms with Crippen LogP contribution < -0.4 is 0 Å². The van der Waals surface area contributed by atoms with Gasteiger partial charge in [0.1, 0.15) is 4.83 Å². The van der Waals surface area contributed by atoms with E-state index < -0.39 is 14.7 Å². The van der Waals surface area contributed by atoms with E-state index in [1.54, 1.807) is 0 Å². The second-order valence-corrected chi connectivity index (χ2v) is 7.21. The van der Waals surface area contributed by atoms with Gasteiger partial charge in [-0.25, -0.2) is 8.42 Å². The standard InChI is InChI=1S/C9H16BrNO4S/c1-15-9(12)8(10)7-11-3-2-5-16(13,14)6-4-11/h8H,2-7H2,1H3. The molecule has 0 radical (unpaired) electrons. The van der Waals surface area contributed by atoms with Crippen LogP contribution in [0, 0.1) is 0 Å². The quantitative estimate of drug-likeness (QED) is 0.544. The first-order valence-corrected chi connectivity index (χ1v) is 7.83. The van der Waals surface area contributed by atoms with Crippen molar-refractivity contribution in [2.75, 3.05) is 38.2 Å². The Bertz CT molecular complexity index is 343.